The molecule has 0 radical (unpaired) electrons. The van der Waals surface area contributed by atoms with E-state index in [9.17, 15) is 9.59 Å². The first kappa shape index (κ1) is 24.5. The predicted molar refractivity (Wildman–Crippen MR) is 138 cm³/mol. The van der Waals surface area contributed by atoms with Crippen molar-refractivity contribution in [3.8, 4) is 0 Å². The van der Waals surface area contributed by atoms with Crippen molar-refractivity contribution in [2.45, 2.75) is 90.0 Å². The van der Waals surface area contributed by atoms with Gasteiger partial charge in [0.2, 0.25) is 11.8 Å². The number of rotatable bonds is 12. The Hall–Kier alpha value is -2.63. The molecule has 34 heavy (non-hydrogen) atoms. The molecular formula is C28H40N4O2. The predicted octanol–water partition coefficient (Wildman–Crippen LogP) is 4.99. The van der Waals surface area contributed by atoms with Crippen LogP contribution in [-0.2, 0) is 22.4 Å². The van der Waals surface area contributed by atoms with Gasteiger partial charge in [0, 0.05) is 42.8 Å². The zero-order valence-corrected chi connectivity index (χ0v) is 20.7. The number of anilines is 1. The SMILES string of the molecule is CC[C@@H](C(=O)NCCCCCCCNc1c2c(nc3ccccc13)CCCC2)N1CCCC1=O. The van der Waals surface area contributed by atoms with Crippen LogP contribution in [0.4, 0.5) is 5.69 Å². The lowest BCUT2D eigenvalue weighted by molar-refractivity contribution is -0.137. The van der Waals surface area contributed by atoms with Gasteiger partial charge in [-0.2, -0.15) is 0 Å². The molecule has 2 heterocycles. The maximum atomic E-state index is 12.5. The summed E-state index contributed by atoms with van der Waals surface area (Å²) in [5, 5.41) is 8.05. The first-order valence-electron chi connectivity index (χ1n) is 13.4. The van der Waals surface area contributed by atoms with Gasteiger partial charge in [0.15, 0.2) is 0 Å². The van der Waals surface area contributed by atoms with Gasteiger partial charge in [-0.05, 0) is 63.0 Å². The first-order chi connectivity index (χ1) is 16.7. The third-order valence-electron chi connectivity index (χ3n) is 7.30. The number of hydrogen-bond acceptors (Lipinski definition) is 4. The number of carbonyl (C=O) groups excluding carboxylic acids is 2. The minimum atomic E-state index is -0.295. The van der Waals surface area contributed by atoms with E-state index in [4.69, 9.17) is 4.98 Å². The molecule has 2 aliphatic rings. The van der Waals surface area contributed by atoms with Crippen LogP contribution in [0, 0.1) is 0 Å². The van der Waals surface area contributed by atoms with Gasteiger partial charge in [-0.3, -0.25) is 14.6 Å². The van der Waals surface area contributed by atoms with Crippen molar-refractivity contribution in [3.63, 3.8) is 0 Å². The van der Waals surface area contributed by atoms with Crippen molar-refractivity contribution < 1.29 is 9.59 Å². The lowest BCUT2D eigenvalue weighted by Crippen LogP contribution is -2.47. The zero-order chi connectivity index (χ0) is 23.8. The van der Waals surface area contributed by atoms with Crippen LogP contribution in [0.15, 0.2) is 24.3 Å². The molecule has 6 nitrogen and oxygen atoms in total. The highest BCUT2D eigenvalue weighted by atomic mass is 16.2. The molecule has 6 heteroatoms. The summed E-state index contributed by atoms with van der Waals surface area (Å²) >= 11 is 0. The zero-order valence-electron chi connectivity index (χ0n) is 20.7. The van der Waals surface area contributed by atoms with E-state index in [0.29, 0.717) is 19.4 Å². The molecule has 184 valence electrons. The second-order valence-corrected chi connectivity index (χ2v) is 9.74. The fraction of sp³-hybridized carbons (Fsp3) is 0.607. The van der Waals surface area contributed by atoms with E-state index in [1.807, 2.05) is 6.92 Å². The summed E-state index contributed by atoms with van der Waals surface area (Å²) in [6.45, 7) is 4.38. The largest absolute Gasteiger partial charge is 0.384 e. The van der Waals surface area contributed by atoms with Gasteiger partial charge < -0.3 is 15.5 Å². The Labute approximate surface area is 203 Å². The van der Waals surface area contributed by atoms with E-state index in [-0.39, 0.29) is 17.9 Å². The molecule has 1 saturated heterocycles. The number of benzene rings is 1. The number of aryl methyl sites for hydroxylation is 1. The molecule has 0 spiro atoms. The van der Waals surface area contributed by atoms with Crippen LogP contribution in [-0.4, -0.2) is 47.4 Å². The minimum absolute atomic E-state index is 0.00913. The molecule has 1 aromatic carbocycles. The van der Waals surface area contributed by atoms with E-state index < -0.39 is 0 Å². The fourth-order valence-corrected chi connectivity index (χ4v) is 5.44. The number of carbonyl (C=O) groups is 2. The van der Waals surface area contributed by atoms with E-state index in [1.165, 1.54) is 48.0 Å². The van der Waals surface area contributed by atoms with Crippen molar-refractivity contribution in [1.29, 1.82) is 0 Å². The molecular weight excluding hydrogens is 424 g/mol. The van der Waals surface area contributed by atoms with E-state index in [0.717, 1.165) is 57.1 Å². The summed E-state index contributed by atoms with van der Waals surface area (Å²) in [5.74, 6) is 0.130. The fourth-order valence-electron chi connectivity index (χ4n) is 5.44. The Bertz CT molecular complexity index is 990. The molecule has 2 amide bonds. The van der Waals surface area contributed by atoms with Crippen LogP contribution >= 0.6 is 0 Å². The third kappa shape index (κ3) is 5.89. The smallest absolute Gasteiger partial charge is 0.242 e. The van der Waals surface area contributed by atoms with Crippen LogP contribution in [0.5, 0.6) is 0 Å². The Kier molecular flexibility index (Phi) is 8.78. The Morgan fingerprint density at radius 3 is 2.56 bits per heavy atom. The highest BCUT2D eigenvalue weighted by Gasteiger charge is 2.31. The number of nitrogens with zero attached hydrogens (tertiary/aromatic N) is 2. The highest BCUT2D eigenvalue weighted by Crippen LogP contribution is 2.33. The number of unbranched alkanes of at least 4 members (excludes halogenated alkanes) is 4. The van der Waals surface area contributed by atoms with E-state index in [2.05, 4.69) is 34.9 Å². The topological polar surface area (TPSA) is 74.3 Å². The molecule has 1 fully saturated rings. The summed E-state index contributed by atoms with van der Waals surface area (Å²) in [6.07, 6.45) is 12.5. The van der Waals surface area contributed by atoms with Crippen LogP contribution in [0.1, 0.15) is 82.4 Å². The molecule has 0 unspecified atom stereocenters. The number of para-hydroxylation sites is 1. The first-order valence-corrected chi connectivity index (χ1v) is 13.4. The Morgan fingerprint density at radius 1 is 1.00 bits per heavy atom. The molecule has 2 N–H and O–H groups in total. The summed E-state index contributed by atoms with van der Waals surface area (Å²) in [4.78, 5) is 31.1. The van der Waals surface area contributed by atoms with Crippen LogP contribution in [0.2, 0.25) is 0 Å². The second-order valence-electron chi connectivity index (χ2n) is 9.74. The highest BCUT2D eigenvalue weighted by molar-refractivity contribution is 5.93. The quantitative estimate of drug-likeness (QED) is 0.434. The van der Waals surface area contributed by atoms with Crippen molar-refractivity contribution in [2.75, 3.05) is 25.0 Å². The standard InChI is InChI=1S/C28H40N4O2/c1-2-25(32-20-12-17-26(32)33)28(34)30-19-11-5-3-4-10-18-29-27-21-13-6-8-15-23(21)31-24-16-9-7-14-22(24)27/h6,8,13,15,25H,2-5,7,9-12,14,16-20H2,1H3,(H,29,31)(H,30,34)/t25-/m0/s1. The molecule has 1 aromatic heterocycles. The average molecular weight is 465 g/mol. The van der Waals surface area contributed by atoms with Crippen LogP contribution in [0.25, 0.3) is 10.9 Å². The number of nitrogens with one attached hydrogen (secondary N) is 2. The second kappa shape index (κ2) is 12.2. The van der Waals surface area contributed by atoms with E-state index >= 15 is 0 Å². The number of likely N-dealkylation sites (tertiary alicyclic amines) is 1. The minimum Gasteiger partial charge on any atom is -0.384 e. The summed E-state index contributed by atoms with van der Waals surface area (Å²) in [6, 6.07) is 8.20. The Morgan fingerprint density at radius 2 is 1.76 bits per heavy atom. The Balaban J connectivity index is 1.14. The van der Waals surface area contributed by atoms with Gasteiger partial charge in [-0.25, -0.2) is 0 Å². The maximum absolute atomic E-state index is 12.5. The monoisotopic (exact) mass is 464 g/mol. The van der Waals surface area contributed by atoms with Crippen molar-refractivity contribution >= 4 is 28.4 Å². The number of amides is 2. The number of pyridine rings is 1. The molecule has 2 aromatic rings. The summed E-state index contributed by atoms with van der Waals surface area (Å²) in [5.41, 5.74) is 5.13. The number of aromatic nitrogens is 1. The molecule has 0 saturated carbocycles. The molecule has 0 bridgehead atoms. The molecule has 4 rings (SSSR count). The lowest BCUT2D eigenvalue weighted by Gasteiger charge is -2.25. The van der Waals surface area contributed by atoms with Crippen molar-refractivity contribution in [1.82, 2.24) is 15.2 Å². The van der Waals surface area contributed by atoms with E-state index in [1.54, 1.807) is 4.90 Å². The number of fused-ring (bicyclic) bond motifs is 2. The molecule has 1 atom stereocenters. The average Bonchev–Trinajstić information content (AvgIpc) is 3.28. The van der Waals surface area contributed by atoms with Crippen molar-refractivity contribution in [2.24, 2.45) is 0 Å². The summed E-state index contributed by atoms with van der Waals surface area (Å²) < 4.78 is 0. The van der Waals surface area contributed by atoms with Gasteiger partial charge in [0.05, 0.1) is 5.52 Å². The maximum Gasteiger partial charge on any atom is 0.242 e. The van der Waals surface area contributed by atoms with Gasteiger partial charge in [0.1, 0.15) is 6.04 Å². The summed E-state index contributed by atoms with van der Waals surface area (Å²) in [7, 11) is 0. The lowest BCUT2D eigenvalue weighted by atomic mass is 9.92. The number of hydrogen-bond donors (Lipinski definition) is 2. The normalized spacial score (nSPS) is 16.5. The molecule has 1 aliphatic carbocycles. The van der Waals surface area contributed by atoms with Gasteiger partial charge in [0.25, 0.3) is 0 Å². The van der Waals surface area contributed by atoms with Gasteiger partial charge in [-0.15, -0.1) is 0 Å². The van der Waals surface area contributed by atoms with Crippen LogP contribution < -0.4 is 10.6 Å². The van der Waals surface area contributed by atoms with Crippen LogP contribution in [0.3, 0.4) is 0 Å². The van der Waals surface area contributed by atoms with Crippen molar-refractivity contribution in [3.05, 3.63) is 35.5 Å². The third-order valence-corrected chi connectivity index (χ3v) is 7.30. The van der Waals surface area contributed by atoms with Gasteiger partial charge >= 0.3 is 0 Å². The van der Waals surface area contributed by atoms with Gasteiger partial charge in [-0.1, -0.05) is 44.4 Å². The molecule has 1 aliphatic heterocycles.